The Balaban J connectivity index is 2.69. The molecule has 4 heteroatoms. The van der Waals surface area contributed by atoms with Gasteiger partial charge in [-0.1, -0.05) is 0 Å². The molecule has 1 heterocycles. The van der Waals surface area contributed by atoms with Crippen molar-refractivity contribution in [3.8, 4) is 0 Å². The summed E-state index contributed by atoms with van der Waals surface area (Å²) in [5.74, 6) is -0.848. The number of carbonyl (C=O) groups is 1. The molecule has 0 N–H and O–H groups in total. The van der Waals surface area contributed by atoms with Crippen molar-refractivity contribution >= 4 is 5.97 Å². The Hall–Kier alpha value is -1.45. The highest BCUT2D eigenvalue weighted by Crippen LogP contribution is 2.01. The molecule has 0 aliphatic heterocycles. The quantitative estimate of drug-likeness (QED) is 0.618. The molecule has 3 nitrogen and oxygen atoms in total. The van der Waals surface area contributed by atoms with Crippen LogP contribution >= 0.6 is 0 Å². The standard InChI is InChI=1S/C8H8FNO2/c1-12-8(11)3-6-2-7(9)5-10-4-6/h2,4-5H,3H2,1H3. The third kappa shape index (κ3) is 2.30. The fourth-order valence-corrected chi connectivity index (χ4v) is 0.791. The van der Waals surface area contributed by atoms with Crippen LogP contribution in [0.1, 0.15) is 5.56 Å². The fourth-order valence-electron chi connectivity index (χ4n) is 0.791. The molecule has 0 aliphatic carbocycles. The van der Waals surface area contributed by atoms with E-state index >= 15 is 0 Å². The van der Waals surface area contributed by atoms with E-state index in [0.717, 1.165) is 6.20 Å². The number of hydrogen-bond donors (Lipinski definition) is 0. The summed E-state index contributed by atoms with van der Waals surface area (Å²) in [6.45, 7) is 0. The summed E-state index contributed by atoms with van der Waals surface area (Å²) in [6.07, 6.45) is 2.57. The summed E-state index contributed by atoms with van der Waals surface area (Å²) in [6, 6.07) is 1.25. The van der Waals surface area contributed by atoms with Gasteiger partial charge in [-0.2, -0.15) is 0 Å². The van der Waals surface area contributed by atoms with E-state index in [1.165, 1.54) is 19.4 Å². The molecule has 1 aromatic heterocycles. The number of pyridine rings is 1. The summed E-state index contributed by atoms with van der Waals surface area (Å²) in [5.41, 5.74) is 0.516. The van der Waals surface area contributed by atoms with Gasteiger partial charge in [0.25, 0.3) is 0 Å². The van der Waals surface area contributed by atoms with Gasteiger partial charge in [0.2, 0.25) is 0 Å². The van der Waals surface area contributed by atoms with Crippen LogP contribution in [0, 0.1) is 5.82 Å². The highest BCUT2D eigenvalue weighted by atomic mass is 19.1. The second kappa shape index (κ2) is 3.80. The maximum Gasteiger partial charge on any atom is 0.310 e. The normalized spacial score (nSPS) is 9.50. The molecule has 0 aromatic carbocycles. The molecule has 0 spiro atoms. The van der Waals surface area contributed by atoms with Gasteiger partial charge < -0.3 is 4.74 Å². The lowest BCUT2D eigenvalue weighted by Gasteiger charge is -1.98. The number of methoxy groups -OCH3 is 1. The van der Waals surface area contributed by atoms with Crippen LogP contribution in [0.25, 0.3) is 0 Å². The maximum absolute atomic E-state index is 12.5. The number of nitrogens with zero attached hydrogens (tertiary/aromatic N) is 1. The Kier molecular flexibility index (Phi) is 2.74. The molecule has 64 valence electrons. The van der Waals surface area contributed by atoms with Gasteiger partial charge in [-0.05, 0) is 11.6 Å². The zero-order valence-electron chi connectivity index (χ0n) is 6.58. The highest BCUT2D eigenvalue weighted by Gasteiger charge is 2.03. The smallest absolute Gasteiger partial charge is 0.310 e. The summed E-state index contributed by atoms with van der Waals surface area (Å²) in [5, 5.41) is 0. The van der Waals surface area contributed by atoms with Crippen molar-refractivity contribution in [2.45, 2.75) is 6.42 Å². The van der Waals surface area contributed by atoms with Crippen LogP contribution in [0.3, 0.4) is 0 Å². The van der Waals surface area contributed by atoms with Gasteiger partial charge in [0.15, 0.2) is 0 Å². The Morgan fingerprint density at radius 3 is 3.00 bits per heavy atom. The van der Waals surface area contributed by atoms with E-state index in [9.17, 15) is 9.18 Å². The average Bonchev–Trinajstić information content (AvgIpc) is 2.04. The third-order valence-corrected chi connectivity index (χ3v) is 1.34. The van der Waals surface area contributed by atoms with Crippen molar-refractivity contribution < 1.29 is 13.9 Å². The van der Waals surface area contributed by atoms with Gasteiger partial charge in [-0.3, -0.25) is 9.78 Å². The second-order valence-corrected chi connectivity index (χ2v) is 2.26. The molecule has 0 radical (unpaired) electrons. The van der Waals surface area contributed by atoms with E-state index in [2.05, 4.69) is 9.72 Å². The topological polar surface area (TPSA) is 39.2 Å². The lowest BCUT2D eigenvalue weighted by molar-refractivity contribution is -0.139. The monoisotopic (exact) mass is 169 g/mol. The Morgan fingerprint density at radius 1 is 1.67 bits per heavy atom. The maximum atomic E-state index is 12.5. The SMILES string of the molecule is COC(=O)Cc1cncc(F)c1. The lowest BCUT2D eigenvalue weighted by atomic mass is 10.2. The molecule has 0 saturated carbocycles. The fraction of sp³-hybridized carbons (Fsp3) is 0.250. The third-order valence-electron chi connectivity index (χ3n) is 1.34. The van der Waals surface area contributed by atoms with E-state index in [0.29, 0.717) is 5.56 Å². The Bertz CT molecular complexity index is 288. The van der Waals surface area contributed by atoms with Gasteiger partial charge in [0, 0.05) is 6.20 Å². The minimum absolute atomic E-state index is 0.0568. The first kappa shape index (κ1) is 8.64. The van der Waals surface area contributed by atoms with E-state index in [-0.39, 0.29) is 6.42 Å². The molecule has 0 amide bonds. The summed E-state index contributed by atoms with van der Waals surface area (Å²) in [4.78, 5) is 14.3. The van der Waals surface area contributed by atoms with Gasteiger partial charge in [-0.25, -0.2) is 4.39 Å². The predicted molar refractivity (Wildman–Crippen MR) is 39.9 cm³/mol. The number of ether oxygens (including phenoxy) is 1. The van der Waals surface area contributed by atoms with Crippen LogP contribution in [-0.2, 0) is 16.0 Å². The van der Waals surface area contributed by atoms with Gasteiger partial charge >= 0.3 is 5.97 Å². The highest BCUT2D eigenvalue weighted by molar-refractivity contribution is 5.72. The first-order valence-corrected chi connectivity index (χ1v) is 3.38. The van der Waals surface area contributed by atoms with Crippen molar-refractivity contribution in [1.29, 1.82) is 0 Å². The summed E-state index contributed by atoms with van der Waals surface area (Å²) in [7, 11) is 1.29. The zero-order valence-corrected chi connectivity index (χ0v) is 6.58. The van der Waals surface area contributed by atoms with E-state index in [1.807, 2.05) is 0 Å². The average molecular weight is 169 g/mol. The van der Waals surface area contributed by atoms with Crippen LogP contribution in [0.5, 0.6) is 0 Å². The molecule has 1 rings (SSSR count). The molecule has 12 heavy (non-hydrogen) atoms. The molecule has 0 fully saturated rings. The molecule has 0 aliphatic rings. The van der Waals surface area contributed by atoms with Gasteiger partial charge in [-0.15, -0.1) is 0 Å². The van der Waals surface area contributed by atoms with Crippen LogP contribution in [0.4, 0.5) is 4.39 Å². The number of hydrogen-bond acceptors (Lipinski definition) is 3. The van der Waals surface area contributed by atoms with Crippen LogP contribution in [0.2, 0.25) is 0 Å². The zero-order chi connectivity index (χ0) is 8.97. The number of aromatic nitrogens is 1. The molecule has 0 bridgehead atoms. The molecular weight excluding hydrogens is 161 g/mol. The molecule has 0 saturated heterocycles. The first-order valence-electron chi connectivity index (χ1n) is 3.38. The predicted octanol–water partition coefficient (Wildman–Crippen LogP) is 0.936. The van der Waals surface area contributed by atoms with Crippen molar-refractivity contribution in [3.05, 3.63) is 29.8 Å². The van der Waals surface area contributed by atoms with Crippen molar-refractivity contribution in [3.63, 3.8) is 0 Å². The molecule has 0 unspecified atom stereocenters. The van der Waals surface area contributed by atoms with Crippen molar-refractivity contribution in [2.24, 2.45) is 0 Å². The van der Waals surface area contributed by atoms with Crippen LogP contribution in [0.15, 0.2) is 18.5 Å². The van der Waals surface area contributed by atoms with Crippen LogP contribution < -0.4 is 0 Å². The number of halogens is 1. The van der Waals surface area contributed by atoms with Gasteiger partial charge in [0.1, 0.15) is 5.82 Å². The Morgan fingerprint density at radius 2 is 2.42 bits per heavy atom. The first-order chi connectivity index (χ1) is 5.72. The number of rotatable bonds is 2. The number of carbonyl (C=O) groups excluding carboxylic acids is 1. The van der Waals surface area contributed by atoms with E-state index in [4.69, 9.17) is 0 Å². The Labute approximate surface area is 69.2 Å². The van der Waals surface area contributed by atoms with Crippen molar-refractivity contribution in [1.82, 2.24) is 4.98 Å². The van der Waals surface area contributed by atoms with Gasteiger partial charge in [0.05, 0.1) is 19.7 Å². The summed E-state index contributed by atoms with van der Waals surface area (Å²) >= 11 is 0. The minimum atomic E-state index is -0.448. The molecule has 1 aromatic rings. The minimum Gasteiger partial charge on any atom is -0.469 e. The lowest BCUT2D eigenvalue weighted by Crippen LogP contribution is -2.04. The number of esters is 1. The molecule has 0 atom stereocenters. The van der Waals surface area contributed by atoms with E-state index in [1.54, 1.807) is 0 Å². The van der Waals surface area contributed by atoms with Crippen molar-refractivity contribution in [2.75, 3.05) is 7.11 Å². The largest absolute Gasteiger partial charge is 0.469 e. The second-order valence-electron chi connectivity index (χ2n) is 2.26. The van der Waals surface area contributed by atoms with E-state index < -0.39 is 11.8 Å². The summed E-state index contributed by atoms with van der Waals surface area (Å²) < 4.78 is 16.9. The van der Waals surface area contributed by atoms with Crippen LogP contribution in [-0.4, -0.2) is 18.1 Å². The molecular formula is C8H8FNO2.